The molecule has 0 bridgehead atoms. The lowest BCUT2D eigenvalue weighted by molar-refractivity contribution is -0.127. The normalized spacial score (nSPS) is 13.0. The minimum Gasteiger partial charge on any atom is -0.481 e. The monoisotopic (exact) mass is 356 g/mol. The summed E-state index contributed by atoms with van der Waals surface area (Å²) in [6, 6.07) is 13.1. The molecule has 0 saturated heterocycles. The van der Waals surface area contributed by atoms with E-state index >= 15 is 0 Å². The Kier molecular flexibility index (Phi) is 5.40. The van der Waals surface area contributed by atoms with Crippen molar-refractivity contribution < 1.29 is 13.9 Å². The molecule has 0 unspecified atom stereocenters. The molecule has 6 heteroatoms. The van der Waals surface area contributed by atoms with Gasteiger partial charge in [0.25, 0.3) is 5.91 Å². The molecule has 25 heavy (non-hydrogen) atoms. The van der Waals surface area contributed by atoms with Gasteiger partial charge in [0, 0.05) is 23.3 Å². The van der Waals surface area contributed by atoms with Gasteiger partial charge < -0.3 is 10.1 Å². The highest BCUT2D eigenvalue weighted by Crippen LogP contribution is 2.26. The number of halogens is 1. The molecule has 0 fully saturated rings. The fraction of sp³-hybridized carbons (Fsp3) is 0.158. The second-order valence-corrected chi connectivity index (χ2v) is 6.43. The van der Waals surface area contributed by atoms with Crippen molar-refractivity contribution in [3.8, 4) is 5.75 Å². The highest BCUT2D eigenvalue weighted by atomic mass is 32.1. The molecule has 0 aliphatic rings. The maximum absolute atomic E-state index is 13.3. The van der Waals surface area contributed by atoms with Gasteiger partial charge in [-0.3, -0.25) is 9.78 Å². The van der Waals surface area contributed by atoms with E-state index in [2.05, 4.69) is 10.3 Å². The van der Waals surface area contributed by atoms with Crippen molar-refractivity contribution in [1.29, 1.82) is 0 Å². The largest absolute Gasteiger partial charge is 0.481 e. The van der Waals surface area contributed by atoms with Crippen LogP contribution in [-0.2, 0) is 4.79 Å². The molecule has 1 amide bonds. The summed E-state index contributed by atoms with van der Waals surface area (Å²) in [5.41, 5.74) is 0.934. The number of thiophene rings is 1. The number of hydrogen-bond donors (Lipinski definition) is 1. The Morgan fingerprint density at radius 2 is 2.00 bits per heavy atom. The number of benzene rings is 1. The van der Waals surface area contributed by atoms with Crippen LogP contribution in [0.4, 0.5) is 4.39 Å². The van der Waals surface area contributed by atoms with E-state index in [1.165, 1.54) is 12.1 Å². The van der Waals surface area contributed by atoms with E-state index in [1.807, 2.05) is 29.6 Å². The molecule has 1 N–H and O–H groups in total. The Morgan fingerprint density at radius 1 is 1.20 bits per heavy atom. The molecule has 4 nitrogen and oxygen atoms in total. The summed E-state index contributed by atoms with van der Waals surface area (Å²) in [7, 11) is 0. The zero-order valence-electron chi connectivity index (χ0n) is 13.6. The molecular weight excluding hydrogens is 339 g/mol. The smallest absolute Gasteiger partial charge is 0.261 e. The van der Waals surface area contributed by atoms with Crippen molar-refractivity contribution in [2.75, 3.05) is 0 Å². The Morgan fingerprint density at radius 3 is 2.68 bits per heavy atom. The van der Waals surface area contributed by atoms with Gasteiger partial charge in [-0.1, -0.05) is 12.1 Å². The summed E-state index contributed by atoms with van der Waals surface area (Å²) < 4.78 is 18.8. The van der Waals surface area contributed by atoms with Crippen molar-refractivity contribution in [2.24, 2.45) is 0 Å². The fourth-order valence-electron chi connectivity index (χ4n) is 2.39. The van der Waals surface area contributed by atoms with Crippen LogP contribution in [0.1, 0.15) is 23.4 Å². The molecule has 2 atom stereocenters. The number of amides is 1. The van der Waals surface area contributed by atoms with E-state index in [1.54, 1.807) is 42.8 Å². The van der Waals surface area contributed by atoms with Crippen LogP contribution in [0, 0.1) is 5.82 Å². The highest BCUT2D eigenvalue weighted by molar-refractivity contribution is 7.10. The van der Waals surface area contributed by atoms with Crippen LogP contribution in [0.15, 0.2) is 66.3 Å². The van der Waals surface area contributed by atoms with Crippen LogP contribution < -0.4 is 10.1 Å². The lowest BCUT2D eigenvalue weighted by Crippen LogP contribution is -2.38. The third-order valence-corrected chi connectivity index (χ3v) is 4.57. The second kappa shape index (κ2) is 7.90. The number of hydrogen-bond acceptors (Lipinski definition) is 4. The first-order valence-corrected chi connectivity index (χ1v) is 8.67. The highest BCUT2D eigenvalue weighted by Gasteiger charge is 2.22. The third kappa shape index (κ3) is 4.42. The maximum Gasteiger partial charge on any atom is 0.261 e. The van der Waals surface area contributed by atoms with Gasteiger partial charge in [-0.05, 0) is 48.2 Å². The van der Waals surface area contributed by atoms with Gasteiger partial charge in [0.2, 0.25) is 0 Å². The number of nitrogens with one attached hydrogen (secondary N) is 1. The zero-order chi connectivity index (χ0) is 17.6. The van der Waals surface area contributed by atoms with Crippen LogP contribution in [0.3, 0.4) is 0 Å². The van der Waals surface area contributed by atoms with Crippen molar-refractivity contribution in [3.05, 3.63) is 82.6 Å². The lowest BCUT2D eigenvalue weighted by Gasteiger charge is -2.21. The Bertz CT molecular complexity index is 824. The van der Waals surface area contributed by atoms with E-state index in [-0.39, 0.29) is 11.9 Å². The van der Waals surface area contributed by atoms with Gasteiger partial charge in [0.15, 0.2) is 6.10 Å². The predicted molar refractivity (Wildman–Crippen MR) is 95.0 cm³/mol. The van der Waals surface area contributed by atoms with E-state index < -0.39 is 11.9 Å². The van der Waals surface area contributed by atoms with Gasteiger partial charge in [-0.15, -0.1) is 11.3 Å². The van der Waals surface area contributed by atoms with Crippen molar-refractivity contribution in [2.45, 2.75) is 19.1 Å². The van der Waals surface area contributed by atoms with Gasteiger partial charge in [-0.25, -0.2) is 4.39 Å². The second-order valence-electron chi connectivity index (χ2n) is 5.46. The van der Waals surface area contributed by atoms with Crippen molar-refractivity contribution in [3.63, 3.8) is 0 Å². The van der Waals surface area contributed by atoms with Gasteiger partial charge in [0.1, 0.15) is 11.6 Å². The summed E-state index contributed by atoms with van der Waals surface area (Å²) >= 11 is 1.56. The molecule has 1 aromatic carbocycles. The van der Waals surface area contributed by atoms with Gasteiger partial charge in [-0.2, -0.15) is 0 Å². The first kappa shape index (κ1) is 17.1. The minimum atomic E-state index is -0.758. The van der Waals surface area contributed by atoms with Crippen LogP contribution in [0.5, 0.6) is 5.75 Å². The predicted octanol–water partition coefficient (Wildman–Crippen LogP) is 3.96. The average Bonchev–Trinajstić information content (AvgIpc) is 3.14. The SMILES string of the molecule is C[C@@H](Oc1cccc(F)c1)C(=O)N[C@H](c1ccncc1)c1cccs1. The summed E-state index contributed by atoms with van der Waals surface area (Å²) in [5, 5.41) is 4.96. The standard InChI is InChI=1S/C19H17FN2O2S/c1-13(24-16-5-2-4-15(20)12-16)19(23)22-18(17-6-3-11-25-17)14-7-9-21-10-8-14/h2-13,18H,1H3,(H,22,23)/t13-,18-/m1/s1. The summed E-state index contributed by atoms with van der Waals surface area (Å²) in [5.74, 6) is -0.364. The van der Waals surface area contributed by atoms with E-state index in [0.29, 0.717) is 5.75 Å². The van der Waals surface area contributed by atoms with E-state index in [0.717, 1.165) is 10.4 Å². The van der Waals surface area contributed by atoms with Crippen LogP contribution in [-0.4, -0.2) is 17.0 Å². The molecular formula is C19H17FN2O2S. The molecule has 0 saturated carbocycles. The molecule has 0 aliphatic heterocycles. The topological polar surface area (TPSA) is 51.2 Å². The number of aromatic nitrogens is 1. The molecule has 2 aromatic heterocycles. The minimum absolute atomic E-state index is 0.278. The van der Waals surface area contributed by atoms with Crippen molar-refractivity contribution >= 4 is 17.2 Å². The zero-order valence-corrected chi connectivity index (χ0v) is 14.4. The average molecular weight is 356 g/mol. The van der Waals surface area contributed by atoms with E-state index in [4.69, 9.17) is 4.74 Å². The fourth-order valence-corrected chi connectivity index (χ4v) is 3.19. The molecule has 3 aromatic rings. The number of nitrogens with zero attached hydrogens (tertiary/aromatic N) is 1. The molecule has 2 heterocycles. The van der Waals surface area contributed by atoms with Crippen LogP contribution in [0.2, 0.25) is 0 Å². The number of carbonyl (C=O) groups excluding carboxylic acids is 1. The Labute approximate surface area is 149 Å². The molecule has 128 valence electrons. The lowest BCUT2D eigenvalue weighted by atomic mass is 10.1. The Balaban J connectivity index is 1.74. The summed E-state index contributed by atoms with van der Waals surface area (Å²) in [4.78, 5) is 17.6. The number of ether oxygens (including phenoxy) is 1. The number of carbonyl (C=O) groups is 1. The first-order valence-electron chi connectivity index (χ1n) is 7.79. The molecule has 0 aliphatic carbocycles. The summed E-state index contributed by atoms with van der Waals surface area (Å²) in [6.45, 7) is 1.64. The molecule has 0 radical (unpaired) electrons. The molecule has 0 spiro atoms. The Hall–Kier alpha value is -2.73. The quantitative estimate of drug-likeness (QED) is 0.727. The summed E-state index contributed by atoms with van der Waals surface area (Å²) in [6.07, 6.45) is 2.62. The van der Waals surface area contributed by atoms with Crippen molar-refractivity contribution in [1.82, 2.24) is 10.3 Å². The maximum atomic E-state index is 13.3. The number of pyridine rings is 1. The van der Waals surface area contributed by atoms with Gasteiger partial charge in [0.05, 0.1) is 6.04 Å². The third-order valence-electron chi connectivity index (χ3n) is 3.63. The van der Waals surface area contributed by atoms with Gasteiger partial charge >= 0.3 is 0 Å². The van der Waals surface area contributed by atoms with E-state index in [9.17, 15) is 9.18 Å². The van der Waals surface area contributed by atoms with Crippen LogP contribution in [0.25, 0.3) is 0 Å². The molecule has 3 rings (SSSR count). The first-order chi connectivity index (χ1) is 12.1. The number of rotatable bonds is 6. The van der Waals surface area contributed by atoms with Crippen LogP contribution >= 0.6 is 11.3 Å².